The Hall–Kier alpha value is -3.02. The Morgan fingerprint density at radius 1 is 1.19 bits per heavy atom. The Morgan fingerprint density at radius 3 is 2.81 bits per heavy atom. The van der Waals surface area contributed by atoms with Gasteiger partial charge in [0.1, 0.15) is 11.5 Å². The van der Waals surface area contributed by atoms with E-state index in [1.807, 2.05) is 11.0 Å². The Bertz CT molecular complexity index is 892. The molecule has 5 nitrogen and oxygen atoms in total. The number of nitrogens with one attached hydrogen (secondary N) is 1. The Balaban J connectivity index is 1.57. The van der Waals surface area contributed by atoms with Gasteiger partial charge in [0.25, 0.3) is 5.91 Å². The van der Waals surface area contributed by atoms with Crippen LogP contribution in [0.3, 0.4) is 0 Å². The summed E-state index contributed by atoms with van der Waals surface area (Å²) in [4.78, 5) is 18.7. The molecule has 1 fully saturated rings. The molecule has 26 heavy (non-hydrogen) atoms. The fraction of sp³-hybridized carbons (Fsp3) is 0.250. The van der Waals surface area contributed by atoms with Gasteiger partial charge in [-0.1, -0.05) is 18.2 Å². The van der Waals surface area contributed by atoms with E-state index < -0.39 is 0 Å². The second-order valence-electron chi connectivity index (χ2n) is 6.51. The standard InChI is InChI=1S/C20H19FN4O/c21-16-8-6-14(7-9-16)17-12-23-24-19(17)15-4-3-11-25(13-15)20(26)18-5-1-2-10-22-18/h1-2,5-10,12,15H,3-4,11,13H2,(H,23,24)/t15-/m1/s1. The molecule has 0 spiro atoms. The van der Waals surface area contributed by atoms with Gasteiger partial charge in [-0.2, -0.15) is 5.10 Å². The number of hydrogen-bond donors (Lipinski definition) is 1. The van der Waals surface area contributed by atoms with Gasteiger partial charge in [-0.3, -0.25) is 14.9 Å². The Labute approximate surface area is 150 Å². The summed E-state index contributed by atoms with van der Waals surface area (Å²) in [5, 5.41) is 7.28. The van der Waals surface area contributed by atoms with Gasteiger partial charge in [-0.05, 0) is 42.7 Å². The van der Waals surface area contributed by atoms with Crippen molar-refractivity contribution in [3.8, 4) is 11.1 Å². The van der Waals surface area contributed by atoms with Gasteiger partial charge in [0.2, 0.25) is 0 Å². The molecule has 2 aromatic heterocycles. The number of halogens is 1. The molecular formula is C20H19FN4O. The summed E-state index contributed by atoms with van der Waals surface area (Å²) in [6, 6.07) is 11.8. The van der Waals surface area contributed by atoms with Crippen molar-refractivity contribution in [3.63, 3.8) is 0 Å². The third kappa shape index (κ3) is 3.22. The van der Waals surface area contributed by atoms with Crippen LogP contribution in [0.5, 0.6) is 0 Å². The van der Waals surface area contributed by atoms with Crippen LogP contribution in [0.2, 0.25) is 0 Å². The number of piperidine rings is 1. The van der Waals surface area contributed by atoms with Crippen LogP contribution < -0.4 is 0 Å². The molecule has 4 rings (SSSR count). The maximum Gasteiger partial charge on any atom is 0.272 e. The predicted molar refractivity (Wildman–Crippen MR) is 96.1 cm³/mol. The second-order valence-corrected chi connectivity index (χ2v) is 6.51. The lowest BCUT2D eigenvalue weighted by molar-refractivity contribution is 0.0700. The quantitative estimate of drug-likeness (QED) is 0.785. The minimum atomic E-state index is -0.261. The van der Waals surface area contributed by atoms with Crippen molar-refractivity contribution in [2.24, 2.45) is 0 Å². The van der Waals surface area contributed by atoms with Crippen molar-refractivity contribution in [1.29, 1.82) is 0 Å². The molecule has 0 radical (unpaired) electrons. The number of carbonyl (C=O) groups excluding carboxylic acids is 1. The molecule has 1 amide bonds. The lowest BCUT2D eigenvalue weighted by Gasteiger charge is -2.32. The van der Waals surface area contributed by atoms with E-state index in [1.54, 1.807) is 36.7 Å². The highest BCUT2D eigenvalue weighted by atomic mass is 19.1. The highest BCUT2D eigenvalue weighted by Crippen LogP contribution is 2.33. The van der Waals surface area contributed by atoms with Gasteiger partial charge in [-0.25, -0.2) is 4.39 Å². The molecule has 6 heteroatoms. The highest BCUT2D eigenvalue weighted by Gasteiger charge is 2.28. The molecule has 1 atom stereocenters. The number of hydrogen-bond acceptors (Lipinski definition) is 3. The molecule has 0 aliphatic carbocycles. The van der Waals surface area contributed by atoms with E-state index in [1.165, 1.54) is 12.1 Å². The average Bonchev–Trinajstić information content (AvgIpc) is 3.19. The van der Waals surface area contributed by atoms with Crippen LogP contribution in [0.15, 0.2) is 54.9 Å². The van der Waals surface area contributed by atoms with Gasteiger partial charge >= 0.3 is 0 Å². The Kier molecular flexibility index (Phi) is 4.48. The average molecular weight is 350 g/mol. The highest BCUT2D eigenvalue weighted by molar-refractivity contribution is 5.92. The summed E-state index contributed by atoms with van der Waals surface area (Å²) < 4.78 is 13.2. The molecule has 1 aromatic carbocycles. The lowest BCUT2D eigenvalue weighted by atomic mass is 9.90. The molecule has 0 bridgehead atoms. The fourth-order valence-corrected chi connectivity index (χ4v) is 3.52. The number of nitrogens with zero attached hydrogens (tertiary/aromatic N) is 3. The van der Waals surface area contributed by atoms with Crippen LogP contribution in [0.4, 0.5) is 4.39 Å². The van der Waals surface area contributed by atoms with Gasteiger partial charge < -0.3 is 4.90 Å². The molecule has 3 heterocycles. The van der Waals surface area contributed by atoms with E-state index in [-0.39, 0.29) is 17.6 Å². The number of rotatable bonds is 3. The fourth-order valence-electron chi connectivity index (χ4n) is 3.52. The molecule has 1 aliphatic heterocycles. The van der Waals surface area contributed by atoms with E-state index in [4.69, 9.17) is 0 Å². The summed E-state index contributed by atoms with van der Waals surface area (Å²) in [6.07, 6.45) is 5.30. The van der Waals surface area contributed by atoms with Crippen LogP contribution in [0.1, 0.15) is 34.9 Å². The number of H-pyrrole nitrogens is 1. The maximum absolute atomic E-state index is 13.2. The van der Waals surface area contributed by atoms with Crippen LogP contribution in [0.25, 0.3) is 11.1 Å². The summed E-state index contributed by atoms with van der Waals surface area (Å²) in [7, 11) is 0. The van der Waals surface area contributed by atoms with Crippen molar-refractivity contribution in [1.82, 2.24) is 20.1 Å². The number of aromatic nitrogens is 3. The molecule has 0 unspecified atom stereocenters. The first kappa shape index (κ1) is 16.4. The third-order valence-electron chi connectivity index (χ3n) is 4.82. The first-order chi connectivity index (χ1) is 12.7. The molecule has 3 aromatic rings. The van der Waals surface area contributed by atoms with Crippen molar-refractivity contribution in [3.05, 3.63) is 72.1 Å². The van der Waals surface area contributed by atoms with E-state index in [9.17, 15) is 9.18 Å². The maximum atomic E-state index is 13.2. The molecule has 132 valence electrons. The largest absolute Gasteiger partial charge is 0.337 e. The minimum absolute atomic E-state index is 0.0434. The summed E-state index contributed by atoms with van der Waals surface area (Å²) in [5.74, 6) is -0.138. The van der Waals surface area contributed by atoms with Crippen LogP contribution in [0, 0.1) is 5.82 Å². The number of carbonyl (C=O) groups is 1. The summed E-state index contributed by atoms with van der Waals surface area (Å²) >= 11 is 0. The predicted octanol–water partition coefficient (Wildman–Crippen LogP) is 3.63. The molecule has 1 aliphatic rings. The second kappa shape index (κ2) is 7.07. The zero-order valence-electron chi connectivity index (χ0n) is 14.2. The van der Waals surface area contributed by atoms with Gasteiger partial charge in [0.05, 0.1) is 6.20 Å². The van der Waals surface area contributed by atoms with Crippen LogP contribution in [-0.4, -0.2) is 39.1 Å². The molecule has 1 N–H and O–H groups in total. The van der Waals surface area contributed by atoms with E-state index >= 15 is 0 Å². The SMILES string of the molecule is O=C(c1ccccn1)N1CCC[C@@H](c2[nH]ncc2-c2ccc(F)cc2)C1. The van der Waals surface area contributed by atoms with E-state index in [2.05, 4.69) is 15.2 Å². The van der Waals surface area contributed by atoms with E-state index in [0.29, 0.717) is 12.2 Å². The number of pyridine rings is 1. The Morgan fingerprint density at radius 2 is 2.04 bits per heavy atom. The van der Waals surface area contributed by atoms with E-state index in [0.717, 1.165) is 36.2 Å². The zero-order valence-corrected chi connectivity index (χ0v) is 14.2. The minimum Gasteiger partial charge on any atom is -0.337 e. The van der Waals surface area contributed by atoms with Gasteiger partial charge in [0, 0.05) is 36.5 Å². The number of benzene rings is 1. The molecular weight excluding hydrogens is 331 g/mol. The zero-order chi connectivity index (χ0) is 17.9. The summed E-state index contributed by atoms with van der Waals surface area (Å²) in [6.45, 7) is 1.34. The van der Waals surface area contributed by atoms with Crippen molar-refractivity contribution in [2.75, 3.05) is 13.1 Å². The summed E-state index contributed by atoms with van der Waals surface area (Å²) in [5.41, 5.74) is 3.34. The van der Waals surface area contributed by atoms with Crippen molar-refractivity contribution < 1.29 is 9.18 Å². The topological polar surface area (TPSA) is 61.9 Å². The number of aromatic amines is 1. The monoisotopic (exact) mass is 350 g/mol. The van der Waals surface area contributed by atoms with Crippen LogP contribution in [-0.2, 0) is 0 Å². The van der Waals surface area contributed by atoms with Crippen molar-refractivity contribution >= 4 is 5.91 Å². The molecule has 1 saturated heterocycles. The number of amides is 1. The smallest absolute Gasteiger partial charge is 0.272 e. The first-order valence-corrected chi connectivity index (χ1v) is 8.72. The van der Waals surface area contributed by atoms with Gasteiger partial charge in [0.15, 0.2) is 0 Å². The first-order valence-electron chi connectivity index (χ1n) is 8.72. The van der Waals surface area contributed by atoms with Crippen molar-refractivity contribution in [2.45, 2.75) is 18.8 Å². The molecule has 0 saturated carbocycles. The van der Waals surface area contributed by atoms with Crippen LogP contribution >= 0.6 is 0 Å². The van der Waals surface area contributed by atoms with Gasteiger partial charge in [-0.15, -0.1) is 0 Å². The third-order valence-corrected chi connectivity index (χ3v) is 4.82. The normalized spacial score (nSPS) is 17.3. The number of likely N-dealkylation sites (tertiary alicyclic amines) is 1. The lowest BCUT2D eigenvalue weighted by Crippen LogP contribution is -2.39.